The van der Waals surface area contributed by atoms with E-state index in [-0.39, 0.29) is 0 Å². The van der Waals surface area contributed by atoms with Gasteiger partial charge in [0.25, 0.3) is 0 Å². The first-order valence-electron chi connectivity index (χ1n) is 12.0. The van der Waals surface area contributed by atoms with Crippen molar-refractivity contribution in [2.24, 2.45) is 4.99 Å². The van der Waals surface area contributed by atoms with E-state index in [0.29, 0.717) is 12.5 Å². The van der Waals surface area contributed by atoms with Crippen molar-refractivity contribution in [3.63, 3.8) is 0 Å². The fraction of sp³-hybridized carbons (Fsp3) is 0.680. The van der Waals surface area contributed by atoms with E-state index in [1.165, 1.54) is 38.0 Å². The maximum absolute atomic E-state index is 4.94. The predicted octanol–water partition coefficient (Wildman–Crippen LogP) is 3.32. The molecule has 172 valence electrons. The molecule has 1 aromatic rings. The Morgan fingerprint density at radius 2 is 1.94 bits per heavy atom. The molecular weight excluding hydrogens is 384 g/mol. The third-order valence-corrected chi connectivity index (χ3v) is 6.93. The first-order chi connectivity index (χ1) is 15.0. The van der Waals surface area contributed by atoms with Crippen molar-refractivity contribution in [1.29, 1.82) is 0 Å². The Morgan fingerprint density at radius 1 is 1.19 bits per heavy atom. The van der Waals surface area contributed by atoms with Crippen molar-refractivity contribution in [3.05, 3.63) is 35.8 Å². The third kappa shape index (κ3) is 5.86. The molecule has 0 aromatic carbocycles. The fourth-order valence-corrected chi connectivity index (χ4v) is 5.11. The lowest BCUT2D eigenvalue weighted by molar-refractivity contribution is 0.0702. The van der Waals surface area contributed by atoms with Gasteiger partial charge in [-0.25, -0.2) is 4.98 Å². The van der Waals surface area contributed by atoms with Gasteiger partial charge in [0.05, 0.1) is 22.8 Å². The first kappa shape index (κ1) is 23.7. The minimum absolute atomic E-state index is 0.623. The monoisotopic (exact) mass is 426 g/mol. The molecule has 2 fully saturated rings. The Kier molecular flexibility index (Phi) is 8.50. The highest BCUT2D eigenvalue weighted by atomic mass is 15.3. The van der Waals surface area contributed by atoms with Crippen LogP contribution in [0.3, 0.4) is 0 Å². The molecule has 1 aromatic heterocycles. The molecule has 0 aliphatic carbocycles. The smallest absolute Gasteiger partial charge is 0.0848 e. The Hall–Kier alpha value is -1.92. The van der Waals surface area contributed by atoms with Crippen molar-refractivity contribution in [1.82, 2.24) is 20.1 Å². The standard InChI is InChI=1S/C25H42N6/c1-7-21-18-30(15-16-31(21)22-11-13-29(6)14-12-22)25-10-9-23(28-20(25)4)24(26-5)17-19(3)27-8-2/h9-10,21-22,27H,3,7-8,11-18H2,1-2,4-6H3. The van der Waals surface area contributed by atoms with E-state index in [4.69, 9.17) is 4.98 Å². The van der Waals surface area contributed by atoms with E-state index < -0.39 is 0 Å². The van der Waals surface area contributed by atoms with Gasteiger partial charge in [0, 0.05) is 57.4 Å². The van der Waals surface area contributed by atoms with E-state index >= 15 is 0 Å². The summed E-state index contributed by atoms with van der Waals surface area (Å²) >= 11 is 0. The second-order valence-electron chi connectivity index (χ2n) is 9.06. The average molecular weight is 427 g/mol. The number of piperidine rings is 1. The number of allylic oxidation sites excluding steroid dienone is 1. The summed E-state index contributed by atoms with van der Waals surface area (Å²) in [5, 5.41) is 3.28. The molecule has 3 rings (SSSR count). The summed E-state index contributed by atoms with van der Waals surface area (Å²) in [7, 11) is 4.09. The first-order valence-corrected chi connectivity index (χ1v) is 12.0. The highest BCUT2D eigenvalue weighted by Crippen LogP contribution is 2.27. The zero-order valence-corrected chi connectivity index (χ0v) is 20.3. The van der Waals surface area contributed by atoms with Gasteiger partial charge in [-0.1, -0.05) is 13.5 Å². The van der Waals surface area contributed by atoms with Crippen molar-refractivity contribution in [2.45, 2.75) is 58.5 Å². The fourth-order valence-electron chi connectivity index (χ4n) is 5.11. The number of hydrogen-bond donors (Lipinski definition) is 1. The third-order valence-electron chi connectivity index (χ3n) is 6.93. The van der Waals surface area contributed by atoms with E-state index in [1.54, 1.807) is 0 Å². The zero-order chi connectivity index (χ0) is 22.4. The van der Waals surface area contributed by atoms with Crippen LogP contribution in [-0.2, 0) is 0 Å². The lowest BCUT2D eigenvalue weighted by atomic mass is 9.98. The van der Waals surface area contributed by atoms with Crippen LogP contribution < -0.4 is 10.2 Å². The topological polar surface area (TPSA) is 47.0 Å². The molecule has 0 spiro atoms. The summed E-state index contributed by atoms with van der Waals surface area (Å²) in [5.41, 5.74) is 5.29. The number of aryl methyl sites for hydroxylation is 1. The van der Waals surface area contributed by atoms with Gasteiger partial charge in [-0.3, -0.25) is 9.89 Å². The Bertz CT molecular complexity index is 765. The quantitative estimate of drug-likeness (QED) is 0.646. The second-order valence-corrected chi connectivity index (χ2v) is 9.06. The van der Waals surface area contributed by atoms with Crippen LogP contribution in [0.2, 0.25) is 0 Å². The summed E-state index contributed by atoms with van der Waals surface area (Å²) in [4.78, 5) is 17.2. The van der Waals surface area contributed by atoms with Crippen molar-refractivity contribution < 1.29 is 0 Å². The molecule has 0 saturated carbocycles. The van der Waals surface area contributed by atoms with Gasteiger partial charge in [0.15, 0.2) is 0 Å². The molecule has 2 aliphatic heterocycles. The summed E-state index contributed by atoms with van der Waals surface area (Å²) in [5.74, 6) is 0. The van der Waals surface area contributed by atoms with Crippen LogP contribution in [0.4, 0.5) is 5.69 Å². The normalized spacial score (nSPS) is 22.0. The van der Waals surface area contributed by atoms with Crippen LogP contribution in [0.1, 0.15) is 50.9 Å². The molecule has 31 heavy (non-hydrogen) atoms. The van der Waals surface area contributed by atoms with Gasteiger partial charge in [0.1, 0.15) is 0 Å². The number of rotatable bonds is 8. The van der Waals surface area contributed by atoms with Crippen molar-refractivity contribution in [2.75, 3.05) is 58.3 Å². The maximum atomic E-state index is 4.94. The van der Waals surface area contributed by atoms with E-state index in [2.05, 4.69) is 71.5 Å². The minimum atomic E-state index is 0.623. The van der Waals surface area contributed by atoms with E-state index in [0.717, 1.165) is 55.0 Å². The van der Waals surface area contributed by atoms with Crippen LogP contribution in [0.5, 0.6) is 0 Å². The largest absolute Gasteiger partial charge is 0.389 e. The number of nitrogens with zero attached hydrogens (tertiary/aromatic N) is 5. The highest BCUT2D eigenvalue weighted by molar-refractivity contribution is 6.00. The molecule has 0 radical (unpaired) electrons. The summed E-state index contributed by atoms with van der Waals surface area (Å²) in [6.45, 7) is 17.3. The van der Waals surface area contributed by atoms with Crippen LogP contribution in [0.25, 0.3) is 0 Å². The molecule has 0 amide bonds. The van der Waals surface area contributed by atoms with Gasteiger partial charge in [-0.05, 0) is 65.4 Å². The molecule has 6 heteroatoms. The summed E-state index contributed by atoms with van der Waals surface area (Å²) < 4.78 is 0. The molecule has 2 saturated heterocycles. The molecule has 1 atom stereocenters. The molecule has 6 nitrogen and oxygen atoms in total. The lowest BCUT2D eigenvalue weighted by Gasteiger charge is -2.48. The molecule has 0 bridgehead atoms. The van der Waals surface area contributed by atoms with E-state index in [1.807, 2.05) is 7.05 Å². The number of aromatic nitrogens is 1. The number of hydrogen-bond acceptors (Lipinski definition) is 6. The number of likely N-dealkylation sites (tertiary alicyclic amines) is 1. The van der Waals surface area contributed by atoms with Gasteiger partial charge >= 0.3 is 0 Å². The molecular formula is C25H42N6. The zero-order valence-electron chi connectivity index (χ0n) is 20.3. The van der Waals surface area contributed by atoms with Crippen LogP contribution in [-0.4, -0.2) is 85.9 Å². The SMILES string of the molecule is C=C(CC(=NC)c1ccc(N2CCN(C3CCN(C)CC3)C(CC)C2)c(C)n1)NCC. The van der Waals surface area contributed by atoms with Gasteiger partial charge in [-0.2, -0.15) is 0 Å². The summed E-state index contributed by atoms with van der Waals surface area (Å²) in [6.07, 6.45) is 4.52. The summed E-state index contributed by atoms with van der Waals surface area (Å²) in [6, 6.07) is 5.75. The molecule has 1 unspecified atom stereocenters. The van der Waals surface area contributed by atoms with Crippen LogP contribution >= 0.6 is 0 Å². The number of piperazine rings is 1. The number of pyridine rings is 1. The van der Waals surface area contributed by atoms with Gasteiger partial charge in [0.2, 0.25) is 0 Å². The van der Waals surface area contributed by atoms with Crippen LogP contribution in [0.15, 0.2) is 29.4 Å². The Balaban J connectivity index is 1.68. The van der Waals surface area contributed by atoms with Gasteiger partial charge in [-0.15, -0.1) is 0 Å². The number of anilines is 1. The number of aliphatic imine (C=N–C) groups is 1. The average Bonchev–Trinajstić information content (AvgIpc) is 2.78. The van der Waals surface area contributed by atoms with E-state index in [9.17, 15) is 0 Å². The molecule has 1 N–H and O–H groups in total. The van der Waals surface area contributed by atoms with Crippen LogP contribution in [0, 0.1) is 6.92 Å². The maximum Gasteiger partial charge on any atom is 0.0848 e. The second kappa shape index (κ2) is 11.1. The van der Waals surface area contributed by atoms with Crippen molar-refractivity contribution in [3.8, 4) is 0 Å². The minimum Gasteiger partial charge on any atom is -0.389 e. The molecule has 2 aliphatic rings. The highest BCUT2D eigenvalue weighted by Gasteiger charge is 2.33. The van der Waals surface area contributed by atoms with Gasteiger partial charge < -0.3 is 15.1 Å². The Morgan fingerprint density at radius 3 is 2.55 bits per heavy atom. The predicted molar refractivity (Wildman–Crippen MR) is 132 cm³/mol. The molecule has 3 heterocycles. The number of nitrogens with one attached hydrogen (secondary N) is 1. The lowest BCUT2D eigenvalue weighted by Crippen LogP contribution is -2.58. The Labute approximate surface area is 189 Å². The van der Waals surface area contributed by atoms with Crippen molar-refractivity contribution >= 4 is 11.4 Å².